The minimum Gasteiger partial charge on any atom is -0.481 e. The highest BCUT2D eigenvalue weighted by atomic mass is 19.4. The van der Waals surface area contributed by atoms with E-state index < -0.39 is 23.6 Å². The number of alkyl halides is 3. The summed E-state index contributed by atoms with van der Waals surface area (Å²) in [7, 11) is 1.43. The van der Waals surface area contributed by atoms with Gasteiger partial charge in [0.25, 0.3) is 0 Å². The Hall–Kier alpha value is -2.15. The Bertz CT molecular complexity index is 643. The number of pyridine rings is 1. The first kappa shape index (κ1) is 15.2. The number of hydrogen-bond acceptors (Lipinski definition) is 3. The highest BCUT2D eigenvalue weighted by Gasteiger charge is 2.34. The van der Waals surface area contributed by atoms with E-state index in [1.54, 1.807) is 18.2 Å². The highest BCUT2D eigenvalue weighted by Crippen LogP contribution is 2.32. The number of hydrogen-bond donors (Lipinski definition) is 1. The first-order valence-electron chi connectivity index (χ1n) is 5.96. The average Bonchev–Trinajstić information content (AvgIpc) is 2.45. The fourth-order valence-corrected chi connectivity index (χ4v) is 1.84. The molecular weight excluding hydrogens is 288 g/mol. The molecule has 1 atom stereocenters. The van der Waals surface area contributed by atoms with E-state index >= 15 is 0 Å². The van der Waals surface area contributed by atoms with E-state index in [-0.39, 0.29) is 5.56 Å². The number of benzene rings is 1. The van der Waals surface area contributed by atoms with Crippen LogP contribution < -0.4 is 10.5 Å². The summed E-state index contributed by atoms with van der Waals surface area (Å²) in [5.41, 5.74) is 5.14. The van der Waals surface area contributed by atoms with Gasteiger partial charge in [-0.2, -0.15) is 13.2 Å². The largest absolute Gasteiger partial charge is 0.481 e. The second kappa shape index (κ2) is 5.69. The summed E-state index contributed by atoms with van der Waals surface area (Å²) in [6.45, 7) is 0. The van der Waals surface area contributed by atoms with Crippen LogP contribution in [0.3, 0.4) is 0 Å². The second-order valence-corrected chi connectivity index (χ2v) is 4.32. The molecule has 7 heteroatoms. The summed E-state index contributed by atoms with van der Waals surface area (Å²) in [5.74, 6) is -1.05. The van der Waals surface area contributed by atoms with Gasteiger partial charge in [0, 0.05) is 6.07 Å². The molecule has 1 aromatic heterocycles. The van der Waals surface area contributed by atoms with Crippen molar-refractivity contribution in [1.29, 1.82) is 0 Å². The molecule has 2 aromatic rings. The molecule has 0 spiro atoms. The molecule has 0 aliphatic carbocycles. The van der Waals surface area contributed by atoms with E-state index in [1.165, 1.54) is 7.11 Å². The van der Waals surface area contributed by atoms with Gasteiger partial charge in [0.1, 0.15) is 5.82 Å². The molecule has 3 nitrogen and oxygen atoms in total. The number of ether oxygens (including phenoxy) is 1. The molecule has 2 rings (SSSR count). The van der Waals surface area contributed by atoms with Gasteiger partial charge in [-0.05, 0) is 23.8 Å². The van der Waals surface area contributed by atoms with Crippen LogP contribution in [0.15, 0.2) is 36.4 Å². The van der Waals surface area contributed by atoms with Gasteiger partial charge >= 0.3 is 6.18 Å². The molecule has 21 heavy (non-hydrogen) atoms. The molecule has 1 heterocycles. The van der Waals surface area contributed by atoms with Gasteiger partial charge < -0.3 is 10.5 Å². The van der Waals surface area contributed by atoms with Crippen LogP contribution in [-0.4, -0.2) is 12.1 Å². The molecule has 0 radical (unpaired) electrons. The summed E-state index contributed by atoms with van der Waals surface area (Å²) in [6, 6.07) is 6.56. The zero-order chi connectivity index (χ0) is 15.6. The lowest BCUT2D eigenvalue weighted by Gasteiger charge is -2.14. The van der Waals surface area contributed by atoms with Crippen molar-refractivity contribution in [2.45, 2.75) is 12.2 Å². The molecular formula is C14H12F4N2O. The monoisotopic (exact) mass is 300 g/mol. The van der Waals surface area contributed by atoms with E-state index in [0.717, 1.165) is 12.1 Å². The van der Waals surface area contributed by atoms with Crippen LogP contribution >= 0.6 is 0 Å². The maximum Gasteiger partial charge on any atom is 0.419 e. The molecule has 2 N–H and O–H groups in total. The Morgan fingerprint density at radius 1 is 1.19 bits per heavy atom. The lowest BCUT2D eigenvalue weighted by Crippen LogP contribution is -2.15. The third-order valence-corrected chi connectivity index (χ3v) is 2.93. The third-order valence-electron chi connectivity index (χ3n) is 2.93. The van der Waals surface area contributed by atoms with Crippen LogP contribution in [0.1, 0.15) is 22.9 Å². The normalized spacial score (nSPS) is 13.0. The minimum absolute atomic E-state index is 0.196. The molecule has 0 saturated carbocycles. The Balaban J connectivity index is 2.35. The van der Waals surface area contributed by atoms with Crippen molar-refractivity contribution >= 4 is 0 Å². The topological polar surface area (TPSA) is 48.1 Å². The van der Waals surface area contributed by atoms with Crippen LogP contribution in [0, 0.1) is 5.82 Å². The fourth-order valence-electron chi connectivity index (χ4n) is 1.84. The van der Waals surface area contributed by atoms with Gasteiger partial charge in [-0.3, -0.25) is 0 Å². The van der Waals surface area contributed by atoms with Gasteiger partial charge in [-0.1, -0.05) is 12.1 Å². The smallest absolute Gasteiger partial charge is 0.419 e. The predicted octanol–water partition coefficient (Wildman–Crippen LogP) is 3.30. The number of nitrogens with zero attached hydrogens (tertiary/aromatic N) is 1. The van der Waals surface area contributed by atoms with Gasteiger partial charge in [-0.15, -0.1) is 0 Å². The van der Waals surface area contributed by atoms with Crippen molar-refractivity contribution < 1.29 is 22.3 Å². The Kier molecular flexibility index (Phi) is 4.13. The van der Waals surface area contributed by atoms with Crippen molar-refractivity contribution in [2.75, 3.05) is 7.11 Å². The molecule has 0 bridgehead atoms. The van der Waals surface area contributed by atoms with E-state index in [9.17, 15) is 17.6 Å². The van der Waals surface area contributed by atoms with Crippen molar-refractivity contribution in [1.82, 2.24) is 4.98 Å². The van der Waals surface area contributed by atoms with Crippen molar-refractivity contribution in [3.8, 4) is 5.88 Å². The number of methoxy groups -OCH3 is 1. The zero-order valence-corrected chi connectivity index (χ0v) is 11.0. The number of nitrogens with two attached hydrogens (primary N) is 1. The maximum absolute atomic E-state index is 13.5. The molecule has 0 amide bonds. The Morgan fingerprint density at radius 3 is 2.48 bits per heavy atom. The minimum atomic E-state index is -4.74. The van der Waals surface area contributed by atoms with Crippen molar-refractivity contribution in [3.05, 3.63) is 59.0 Å². The molecule has 0 aliphatic heterocycles. The van der Waals surface area contributed by atoms with Crippen molar-refractivity contribution in [2.24, 2.45) is 5.73 Å². The molecule has 0 saturated heterocycles. The zero-order valence-electron chi connectivity index (χ0n) is 11.0. The molecule has 1 aromatic carbocycles. The van der Waals surface area contributed by atoms with Crippen molar-refractivity contribution in [3.63, 3.8) is 0 Å². The maximum atomic E-state index is 13.5. The lowest BCUT2D eigenvalue weighted by molar-refractivity contribution is -0.140. The molecule has 0 unspecified atom stereocenters. The van der Waals surface area contributed by atoms with E-state index in [0.29, 0.717) is 17.6 Å². The Morgan fingerprint density at radius 2 is 1.90 bits per heavy atom. The van der Waals surface area contributed by atoms with Gasteiger partial charge in [0.15, 0.2) is 0 Å². The van der Waals surface area contributed by atoms with Gasteiger partial charge in [-0.25, -0.2) is 9.37 Å². The van der Waals surface area contributed by atoms with E-state index in [2.05, 4.69) is 4.98 Å². The summed E-state index contributed by atoms with van der Waals surface area (Å²) in [4.78, 5) is 4.08. The van der Waals surface area contributed by atoms with Crippen LogP contribution in [0.25, 0.3) is 0 Å². The average molecular weight is 300 g/mol. The number of aromatic nitrogens is 1. The molecule has 0 aliphatic rings. The Labute approximate surface area is 118 Å². The third kappa shape index (κ3) is 3.30. The lowest BCUT2D eigenvalue weighted by atomic mass is 10.0. The van der Waals surface area contributed by atoms with Crippen LogP contribution in [0.5, 0.6) is 5.88 Å². The number of rotatable bonds is 3. The highest BCUT2D eigenvalue weighted by molar-refractivity contribution is 5.33. The molecule has 112 valence electrons. The summed E-state index contributed by atoms with van der Waals surface area (Å²) in [6.07, 6.45) is -4.74. The SMILES string of the molecule is COc1cccc([C@@H](N)c2ccc(C(F)(F)F)c(F)c2)n1. The summed E-state index contributed by atoms with van der Waals surface area (Å²) in [5, 5.41) is 0. The van der Waals surface area contributed by atoms with E-state index in [1.807, 2.05) is 0 Å². The second-order valence-electron chi connectivity index (χ2n) is 4.32. The van der Waals surface area contributed by atoms with Gasteiger partial charge in [0.2, 0.25) is 5.88 Å². The number of halogens is 4. The first-order valence-corrected chi connectivity index (χ1v) is 5.96. The standard InChI is InChI=1S/C14H12F4N2O/c1-21-12-4-2-3-11(20-12)13(19)8-5-6-9(10(15)7-8)14(16,17)18/h2-7,13H,19H2,1H3/t13-/m0/s1. The molecule has 0 fully saturated rings. The fraction of sp³-hybridized carbons (Fsp3) is 0.214. The van der Waals surface area contributed by atoms with Crippen LogP contribution in [-0.2, 0) is 6.18 Å². The first-order chi connectivity index (χ1) is 9.82. The van der Waals surface area contributed by atoms with Crippen LogP contribution in [0.4, 0.5) is 17.6 Å². The quantitative estimate of drug-likeness (QED) is 0.885. The predicted molar refractivity (Wildman–Crippen MR) is 68.2 cm³/mol. The van der Waals surface area contributed by atoms with Crippen LogP contribution in [0.2, 0.25) is 0 Å². The summed E-state index contributed by atoms with van der Waals surface area (Å²) < 4.78 is 56.0. The van der Waals surface area contributed by atoms with Gasteiger partial charge in [0.05, 0.1) is 24.4 Å². The van der Waals surface area contributed by atoms with E-state index in [4.69, 9.17) is 10.5 Å². The summed E-state index contributed by atoms with van der Waals surface area (Å²) >= 11 is 0.